The molecule has 0 aliphatic heterocycles. The molecule has 2 saturated carbocycles. The number of hydrogen-bond acceptors (Lipinski definition) is 3. The van der Waals surface area contributed by atoms with Gasteiger partial charge in [0.15, 0.2) is 0 Å². The Labute approximate surface area is 109 Å². The Bertz CT molecular complexity index is 446. The molecule has 1 aromatic rings. The maximum Gasteiger partial charge on any atom is 0.146 e. The Morgan fingerprint density at radius 1 is 1.44 bits per heavy atom. The molecule has 2 aliphatic rings. The molecule has 2 bridgehead atoms. The van der Waals surface area contributed by atoms with Gasteiger partial charge < -0.3 is 9.88 Å². The number of hydrogen-bond donors (Lipinski definition) is 1. The van der Waals surface area contributed by atoms with Gasteiger partial charge in [-0.25, -0.2) is 0 Å². The van der Waals surface area contributed by atoms with Crippen LogP contribution in [-0.4, -0.2) is 20.8 Å². The lowest BCUT2D eigenvalue weighted by atomic mass is 9.68. The molecule has 4 heteroatoms. The molecule has 3 atom stereocenters. The summed E-state index contributed by atoms with van der Waals surface area (Å²) in [5.41, 5.74) is 0.887. The summed E-state index contributed by atoms with van der Waals surface area (Å²) in [6.07, 6.45) is 5.93. The molecule has 0 amide bonds. The van der Waals surface area contributed by atoms with Crippen LogP contribution in [0.15, 0.2) is 6.33 Å². The Morgan fingerprint density at radius 3 is 2.78 bits per heavy atom. The van der Waals surface area contributed by atoms with Crippen LogP contribution in [0, 0.1) is 16.7 Å². The summed E-state index contributed by atoms with van der Waals surface area (Å²) in [6, 6.07) is 0.598. The van der Waals surface area contributed by atoms with E-state index in [0.717, 1.165) is 18.3 Å². The van der Waals surface area contributed by atoms with Crippen LogP contribution in [0.2, 0.25) is 0 Å². The Balaban J connectivity index is 1.74. The van der Waals surface area contributed by atoms with Gasteiger partial charge in [0.05, 0.1) is 6.54 Å². The van der Waals surface area contributed by atoms with E-state index in [2.05, 4.69) is 36.3 Å². The van der Waals surface area contributed by atoms with Crippen molar-refractivity contribution in [1.82, 2.24) is 20.1 Å². The topological polar surface area (TPSA) is 42.7 Å². The van der Waals surface area contributed by atoms with Crippen LogP contribution in [0.5, 0.6) is 0 Å². The predicted octanol–water partition coefficient (Wildman–Crippen LogP) is 2.12. The number of nitrogens with zero attached hydrogens (tertiary/aromatic N) is 3. The van der Waals surface area contributed by atoms with Crippen LogP contribution in [0.25, 0.3) is 0 Å². The summed E-state index contributed by atoms with van der Waals surface area (Å²) in [4.78, 5) is 0. The van der Waals surface area contributed by atoms with Crippen LogP contribution >= 0.6 is 0 Å². The van der Waals surface area contributed by atoms with E-state index in [-0.39, 0.29) is 0 Å². The van der Waals surface area contributed by atoms with Gasteiger partial charge in [-0.05, 0) is 36.0 Å². The second kappa shape index (κ2) is 3.80. The molecule has 18 heavy (non-hydrogen) atoms. The zero-order chi connectivity index (χ0) is 13.0. The van der Waals surface area contributed by atoms with Crippen molar-refractivity contribution in [3.8, 4) is 0 Å². The number of rotatable bonds is 3. The molecule has 1 heterocycles. The Hall–Kier alpha value is -0.900. The van der Waals surface area contributed by atoms with E-state index < -0.39 is 0 Å². The van der Waals surface area contributed by atoms with Crippen molar-refractivity contribution >= 4 is 0 Å². The third-order valence-electron chi connectivity index (χ3n) is 5.54. The van der Waals surface area contributed by atoms with Gasteiger partial charge in [0, 0.05) is 13.1 Å². The van der Waals surface area contributed by atoms with Gasteiger partial charge >= 0.3 is 0 Å². The average Bonchev–Trinajstić information content (AvgIpc) is 2.90. The van der Waals surface area contributed by atoms with Crippen LogP contribution in [-0.2, 0) is 13.6 Å². The van der Waals surface area contributed by atoms with E-state index in [1.165, 1.54) is 19.3 Å². The summed E-state index contributed by atoms with van der Waals surface area (Å²) >= 11 is 0. The molecule has 1 aromatic heterocycles. The SMILES string of the molecule is Cn1cnnc1CNC1C2(C)CCC(C2)C1(C)C. The fourth-order valence-electron chi connectivity index (χ4n) is 4.47. The van der Waals surface area contributed by atoms with E-state index >= 15 is 0 Å². The van der Waals surface area contributed by atoms with Gasteiger partial charge in [-0.15, -0.1) is 10.2 Å². The van der Waals surface area contributed by atoms with E-state index in [4.69, 9.17) is 0 Å². The smallest absolute Gasteiger partial charge is 0.146 e. The van der Waals surface area contributed by atoms with Crippen LogP contribution in [0.4, 0.5) is 0 Å². The molecule has 1 N–H and O–H groups in total. The van der Waals surface area contributed by atoms with Gasteiger partial charge in [0.1, 0.15) is 12.2 Å². The summed E-state index contributed by atoms with van der Waals surface area (Å²) < 4.78 is 2.00. The molecule has 4 nitrogen and oxygen atoms in total. The second-order valence-electron chi connectivity index (χ2n) is 7.09. The molecule has 2 fully saturated rings. The zero-order valence-corrected chi connectivity index (χ0v) is 11.9. The summed E-state index contributed by atoms with van der Waals surface area (Å²) in [5, 5.41) is 11.9. The lowest BCUT2D eigenvalue weighted by Crippen LogP contribution is -2.50. The molecular formula is C14H24N4. The van der Waals surface area contributed by atoms with Crippen molar-refractivity contribution in [3.05, 3.63) is 12.2 Å². The minimum Gasteiger partial charge on any atom is -0.320 e. The molecule has 0 saturated heterocycles. The van der Waals surface area contributed by atoms with Crippen LogP contribution < -0.4 is 5.32 Å². The lowest BCUT2D eigenvalue weighted by Gasteiger charge is -2.43. The number of fused-ring (bicyclic) bond motifs is 2. The van der Waals surface area contributed by atoms with Crippen molar-refractivity contribution in [2.24, 2.45) is 23.8 Å². The predicted molar refractivity (Wildman–Crippen MR) is 70.9 cm³/mol. The third kappa shape index (κ3) is 1.62. The van der Waals surface area contributed by atoms with Gasteiger partial charge in [0.25, 0.3) is 0 Å². The van der Waals surface area contributed by atoms with Crippen molar-refractivity contribution in [3.63, 3.8) is 0 Å². The van der Waals surface area contributed by atoms with Crippen molar-refractivity contribution in [2.45, 2.75) is 52.6 Å². The summed E-state index contributed by atoms with van der Waals surface area (Å²) in [5.74, 6) is 1.91. The minimum atomic E-state index is 0.408. The van der Waals surface area contributed by atoms with Gasteiger partial charge in [0.2, 0.25) is 0 Å². The molecule has 3 unspecified atom stereocenters. The summed E-state index contributed by atoms with van der Waals surface area (Å²) in [7, 11) is 2.00. The highest BCUT2D eigenvalue weighted by Gasteiger charge is 2.58. The molecule has 100 valence electrons. The Morgan fingerprint density at radius 2 is 2.22 bits per heavy atom. The van der Waals surface area contributed by atoms with Crippen LogP contribution in [0.1, 0.15) is 45.9 Å². The van der Waals surface area contributed by atoms with Crippen molar-refractivity contribution < 1.29 is 0 Å². The van der Waals surface area contributed by atoms with Gasteiger partial charge in [-0.2, -0.15) is 0 Å². The van der Waals surface area contributed by atoms with Gasteiger partial charge in [-0.1, -0.05) is 20.8 Å². The van der Waals surface area contributed by atoms with E-state index in [9.17, 15) is 0 Å². The highest BCUT2D eigenvalue weighted by atomic mass is 15.3. The van der Waals surface area contributed by atoms with E-state index in [1.54, 1.807) is 6.33 Å². The van der Waals surface area contributed by atoms with Crippen molar-refractivity contribution in [2.75, 3.05) is 0 Å². The first-order valence-electron chi connectivity index (χ1n) is 7.00. The molecule has 0 aromatic carbocycles. The molecular weight excluding hydrogens is 224 g/mol. The number of nitrogens with one attached hydrogen (secondary N) is 1. The maximum absolute atomic E-state index is 4.16. The highest BCUT2D eigenvalue weighted by Crippen LogP contribution is 2.62. The number of aryl methyl sites for hydroxylation is 1. The first-order valence-corrected chi connectivity index (χ1v) is 7.00. The fourth-order valence-corrected chi connectivity index (χ4v) is 4.47. The normalized spacial score (nSPS) is 37.3. The zero-order valence-electron chi connectivity index (χ0n) is 11.9. The first kappa shape index (κ1) is 12.2. The fraction of sp³-hybridized carbons (Fsp3) is 0.857. The molecule has 3 rings (SSSR count). The first-order chi connectivity index (χ1) is 8.43. The maximum atomic E-state index is 4.16. The lowest BCUT2D eigenvalue weighted by molar-refractivity contribution is 0.107. The largest absolute Gasteiger partial charge is 0.320 e. The highest BCUT2D eigenvalue weighted by molar-refractivity contribution is 5.12. The average molecular weight is 248 g/mol. The summed E-state index contributed by atoms with van der Waals surface area (Å²) in [6.45, 7) is 8.13. The monoisotopic (exact) mass is 248 g/mol. The molecule has 0 radical (unpaired) electrons. The van der Waals surface area contributed by atoms with Crippen molar-refractivity contribution in [1.29, 1.82) is 0 Å². The second-order valence-corrected chi connectivity index (χ2v) is 7.09. The van der Waals surface area contributed by atoms with Gasteiger partial charge in [-0.3, -0.25) is 0 Å². The molecule has 2 aliphatic carbocycles. The third-order valence-corrected chi connectivity index (χ3v) is 5.54. The van der Waals surface area contributed by atoms with E-state index in [0.29, 0.717) is 16.9 Å². The Kier molecular flexibility index (Phi) is 2.56. The number of aromatic nitrogens is 3. The minimum absolute atomic E-state index is 0.408. The van der Waals surface area contributed by atoms with E-state index in [1.807, 2.05) is 11.6 Å². The quantitative estimate of drug-likeness (QED) is 0.891. The standard InChI is InChI=1S/C14H24N4/c1-13(2)10-5-6-14(3,7-10)12(13)15-8-11-17-16-9-18(11)4/h9-10,12,15H,5-8H2,1-4H3. The molecule has 0 spiro atoms. The van der Waals surface area contributed by atoms with Crippen LogP contribution in [0.3, 0.4) is 0 Å².